The van der Waals surface area contributed by atoms with E-state index in [1.807, 2.05) is 51.2 Å². The third-order valence-electron chi connectivity index (χ3n) is 2.37. The van der Waals surface area contributed by atoms with Gasteiger partial charge in [0.05, 0.1) is 5.57 Å². The Morgan fingerprint density at radius 2 is 1.88 bits per heavy atom. The standard InChI is InChI=1S/C14H20N2O/c1-15(2)9-12-6-5-7-13(8-12)14(11-17)10-16(3)4/h5-8H,9-10H2,1-4H3. The van der Waals surface area contributed by atoms with Gasteiger partial charge in [-0.1, -0.05) is 18.2 Å². The maximum Gasteiger partial charge on any atom is 0.129 e. The van der Waals surface area contributed by atoms with Gasteiger partial charge in [-0.15, -0.1) is 0 Å². The molecule has 1 aromatic carbocycles. The predicted octanol–water partition coefficient (Wildman–Crippen LogP) is 1.52. The molecule has 0 amide bonds. The van der Waals surface area contributed by atoms with Crippen molar-refractivity contribution in [2.45, 2.75) is 6.54 Å². The topological polar surface area (TPSA) is 23.6 Å². The highest BCUT2D eigenvalue weighted by Gasteiger charge is 2.05. The summed E-state index contributed by atoms with van der Waals surface area (Å²) in [5.41, 5.74) is 2.88. The van der Waals surface area contributed by atoms with Gasteiger partial charge in [0, 0.05) is 13.1 Å². The number of nitrogens with zero attached hydrogens (tertiary/aromatic N) is 2. The van der Waals surface area contributed by atoms with Gasteiger partial charge in [0.15, 0.2) is 0 Å². The molecule has 0 bridgehead atoms. The Kier molecular flexibility index (Phi) is 5.11. The van der Waals surface area contributed by atoms with Crippen LogP contribution in [-0.2, 0) is 11.3 Å². The summed E-state index contributed by atoms with van der Waals surface area (Å²) in [4.78, 5) is 15.1. The molecule has 0 atom stereocenters. The van der Waals surface area contributed by atoms with Crippen molar-refractivity contribution in [1.29, 1.82) is 0 Å². The highest BCUT2D eigenvalue weighted by Crippen LogP contribution is 2.15. The number of carbonyl (C=O) groups excluding carboxylic acids is 1. The van der Waals surface area contributed by atoms with E-state index in [0.29, 0.717) is 12.1 Å². The monoisotopic (exact) mass is 232 g/mol. The number of benzene rings is 1. The van der Waals surface area contributed by atoms with Gasteiger partial charge < -0.3 is 9.80 Å². The lowest BCUT2D eigenvalue weighted by molar-refractivity contribution is 0.402. The third kappa shape index (κ3) is 4.53. The van der Waals surface area contributed by atoms with Crippen LogP contribution in [0.15, 0.2) is 24.3 Å². The van der Waals surface area contributed by atoms with E-state index in [4.69, 9.17) is 0 Å². The smallest absolute Gasteiger partial charge is 0.129 e. The second-order valence-corrected chi connectivity index (χ2v) is 4.76. The maximum absolute atomic E-state index is 11.0. The van der Waals surface area contributed by atoms with Crippen molar-refractivity contribution >= 4 is 11.5 Å². The molecule has 92 valence electrons. The molecule has 0 unspecified atom stereocenters. The molecule has 3 heteroatoms. The molecule has 0 spiro atoms. The van der Waals surface area contributed by atoms with Gasteiger partial charge in [0.25, 0.3) is 0 Å². The van der Waals surface area contributed by atoms with E-state index in [1.165, 1.54) is 5.56 Å². The van der Waals surface area contributed by atoms with Gasteiger partial charge >= 0.3 is 0 Å². The molecule has 3 nitrogen and oxygen atoms in total. The summed E-state index contributed by atoms with van der Waals surface area (Å²) in [6, 6.07) is 8.08. The highest BCUT2D eigenvalue weighted by atomic mass is 16.1. The maximum atomic E-state index is 11.0. The second-order valence-electron chi connectivity index (χ2n) is 4.76. The molecule has 17 heavy (non-hydrogen) atoms. The molecule has 0 N–H and O–H groups in total. The van der Waals surface area contributed by atoms with E-state index < -0.39 is 0 Å². The molecular weight excluding hydrogens is 212 g/mol. The van der Waals surface area contributed by atoms with Gasteiger partial charge in [-0.25, -0.2) is 4.79 Å². The number of rotatable bonds is 5. The van der Waals surface area contributed by atoms with Crippen molar-refractivity contribution in [3.63, 3.8) is 0 Å². The average Bonchev–Trinajstić information content (AvgIpc) is 2.25. The lowest BCUT2D eigenvalue weighted by atomic mass is 10.0. The zero-order valence-corrected chi connectivity index (χ0v) is 11.0. The third-order valence-corrected chi connectivity index (χ3v) is 2.37. The Balaban J connectivity index is 2.93. The molecule has 0 aliphatic rings. The molecule has 0 fully saturated rings. The van der Waals surface area contributed by atoms with Crippen molar-refractivity contribution in [3.8, 4) is 0 Å². The number of hydrogen-bond acceptors (Lipinski definition) is 3. The summed E-state index contributed by atoms with van der Waals surface area (Å²) < 4.78 is 0. The van der Waals surface area contributed by atoms with E-state index in [0.717, 1.165) is 12.1 Å². The minimum atomic E-state index is 0.620. The molecule has 0 aliphatic carbocycles. The Bertz CT molecular complexity index is 418. The number of likely N-dealkylation sites (N-methyl/N-ethyl adjacent to an activating group) is 1. The largest absolute Gasteiger partial charge is 0.305 e. The first kappa shape index (κ1) is 13.7. The van der Waals surface area contributed by atoms with Crippen LogP contribution < -0.4 is 0 Å². The summed E-state index contributed by atoms with van der Waals surface area (Å²) in [7, 11) is 7.95. The summed E-state index contributed by atoms with van der Waals surface area (Å²) >= 11 is 0. The predicted molar refractivity (Wildman–Crippen MR) is 71.5 cm³/mol. The van der Waals surface area contributed by atoms with Gasteiger partial charge in [-0.2, -0.15) is 0 Å². The van der Waals surface area contributed by atoms with Crippen molar-refractivity contribution in [2.24, 2.45) is 0 Å². The minimum Gasteiger partial charge on any atom is -0.305 e. The molecule has 1 rings (SSSR count). The van der Waals surface area contributed by atoms with Crippen LogP contribution in [0.25, 0.3) is 5.57 Å². The summed E-state index contributed by atoms with van der Waals surface area (Å²) in [5.74, 6) is 2.04. The fraction of sp³-hybridized carbons (Fsp3) is 0.429. The average molecular weight is 232 g/mol. The van der Waals surface area contributed by atoms with E-state index in [1.54, 1.807) is 0 Å². The minimum absolute atomic E-state index is 0.620. The van der Waals surface area contributed by atoms with E-state index in [9.17, 15) is 4.79 Å². The van der Waals surface area contributed by atoms with Gasteiger partial charge in [-0.05, 0) is 45.4 Å². The lowest BCUT2D eigenvalue weighted by Gasteiger charge is -2.13. The highest BCUT2D eigenvalue weighted by molar-refractivity contribution is 5.88. The molecule has 0 heterocycles. The van der Waals surface area contributed by atoms with Crippen LogP contribution in [0, 0.1) is 0 Å². The van der Waals surface area contributed by atoms with Crippen molar-refractivity contribution in [2.75, 3.05) is 34.7 Å². The van der Waals surface area contributed by atoms with Crippen LogP contribution in [-0.4, -0.2) is 50.5 Å². The second kappa shape index (κ2) is 6.36. The van der Waals surface area contributed by atoms with Crippen LogP contribution in [0.2, 0.25) is 0 Å². The van der Waals surface area contributed by atoms with Crippen LogP contribution in [0.4, 0.5) is 0 Å². The molecule has 0 aromatic heterocycles. The van der Waals surface area contributed by atoms with Crippen LogP contribution >= 0.6 is 0 Å². The van der Waals surface area contributed by atoms with Crippen molar-refractivity contribution in [3.05, 3.63) is 35.4 Å². The number of hydrogen-bond donors (Lipinski definition) is 0. The summed E-state index contributed by atoms with van der Waals surface area (Å²) in [5, 5.41) is 0. The Hall–Kier alpha value is -1.41. The van der Waals surface area contributed by atoms with Crippen molar-refractivity contribution < 1.29 is 4.79 Å². The van der Waals surface area contributed by atoms with Crippen LogP contribution in [0.1, 0.15) is 11.1 Å². The Labute approximate surface area is 103 Å². The van der Waals surface area contributed by atoms with Crippen molar-refractivity contribution in [1.82, 2.24) is 9.80 Å². The molecule has 1 aromatic rings. The molecule has 0 aliphatic heterocycles. The molecule has 0 saturated heterocycles. The first-order chi connectivity index (χ1) is 8.02. The molecular formula is C14H20N2O. The fourth-order valence-corrected chi connectivity index (χ4v) is 1.72. The van der Waals surface area contributed by atoms with Crippen LogP contribution in [0.3, 0.4) is 0 Å². The van der Waals surface area contributed by atoms with E-state index in [2.05, 4.69) is 17.0 Å². The molecule has 0 saturated carbocycles. The zero-order valence-electron chi connectivity index (χ0n) is 11.0. The quantitative estimate of drug-likeness (QED) is 0.719. The summed E-state index contributed by atoms with van der Waals surface area (Å²) in [6.45, 7) is 1.50. The zero-order chi connectivity index (χ0) is 12.8. The molecule has 0 radical (unpaired) electrons. The summed E-state index contributed by atoms with van der Waals surface area (Å²) in [6.07, 6.45) is 0. The van der Waals surface area contributed by atoms with E-state index in [-0.39, 0.29) is 0 Å². The van der Waals surface area contributed by atoms with E-state index >= 15 is 0 Å². The normalized spacial score (nSPS) is 10.7. The Morgan fingerprint density at radius 3 is 2.41 bits per heavy atom. The lowest BCUT2D eigenvalue weighted by Crippen LogP contribution is -2.15. The first-order valence-electron chi connectivity index (χ1n) is 5.65. The first-order valence-corrected chi connectivity index (χ1v) is 5.65. The van der Waals surface area contributed by atoms with Gasteiger partial charge in [-0.3, -0.25) is 0 Å². The SMILES string of the molecule is CN(C)CC(=C=O)c1cccc(CN(C)C)c1. The van der Waals surface area contributed by atoms with Gasteiger partial charge in [0.1, 0.15) is 5.94 Å². The fourth-order valence-electron chi connectivity index (χ4n) is 1.72. The Morgan fingerprint density at radius 1 is 1.18 bits per heavy atom. The van der Waals surface area contributed by atoms with Crippen LogP contribution in [0.5, 0.6) is 0 Å². The van der Waals surface area contributed by atoms with Gasteiger partial charge in [0.2, 0.25) is 0 Å².